The minimum atomic E-state index is -3.59. The van der Waals surface area contributed by atoms with Gasteiger partial charge in [0.05, 0.1) is 4.90 Å². The molecule has 0 aliphatic rings. The van der Waals surface area contributed by atoms with E-state index >= 15 is 0 Å². The zero-order chi connectivity index (χ0) is 15.5. The number of nitrogens with two attached hydrogens (primary N) is 1. The maximum absolute atomic E-state index is 12.5. The molecule has 0 aliphatic carbocycles. The lowest BCUT2D eigenvalue weighted by atomic mass is 10.1. The lowest BCUT2D eigenvalue weighted by Crippen LogP contribution is -2.37. The number of rotatable bonds is 5. The van der Waals surface area contributed by atoms with E-state index in [-0.39, 0.29) is 17.2 Å². The van der Waals surface area contributed by atoms with Gasteiger partial charge in [-0.15, -0.1) is 0 Å². The van der Waals surface area contributed by atoms with Gasteiger partial charge in [-0.25, -0.2) is 8.42 Å². The summed E-state index contributed by atoms with van der Waals surface area (Å²) in [5, 5.41) is 11.4. The molecule has 6 nitrogen and oxygen atoms in total. The predicted octanol–water partition coefficient (Wildman–Crippen LogP) is 1.45. The summed E-state index contributed by atoms with van der Waals surface area (Å²) in [6.07, 6.45) is 0.164. The van der Waals surface area contributed by atoms with Crippen molar-refractivity contribution in [2.45, 2.75) is 38.1 Å². The van der Waals surface area contributed by atoms with Crippen molar-refractivity contribution in [1.82, 2.24) is 4.31 Å². The first kappa shape index (κ1) is 16.5. The van der Waals surface area contributed by atoms with Crippen molar-refractivity contribution in [3.8, 4) is 0 Å². The largest absolute Gasteiger partial charge is 0.409 e. The van der Waals surface area contributed by atoms with Gasteiger partial charge in [-0.1, -0.05) is 11.2 Å². The SMILES string of the molecule is Cc1ccc(S(=O)(=O)N(C)C(C)CC(N)=NO)cc1C. The summed E-state index contributed by atoms with van der Waals surface area (Å²) in [5.41, 5.74) is 7.37. The number of hydrogen-bond donors (Lipinski definition) is 2. The normalized spacial score (nSPS) is 14.6. The minimum absolute atomic E-state index is 0.000336. The van der Waals surface area contributed by atoms with Gasteiger partial charge in [0.25, 0.3) is 0 Å². The molecule has 1 aromatic rings. The summed E-state index contributed by atoms with van der Waals surface area (Å²) >= 11 is 0. The Morgan fingerprint density at radius 3 is 2.50 bits per heavy atom. The van der Waals surface area contributed by atoms with Gasteiger partial charge >= 0.3 is 0 Å². The summed E-state index contributed by atoms with van der Waals surface area (Å²) in [7, 11) is -2.10. The van der Waals surface area contributed by atoms with Crippen LogP contribution in [0.2, 0.25) is 0 Å². The van der Waals surface area contributed by atoms with E-state index in [9.17, 15) is 8.42 Å². The molecule has 0 amide bonds. The molecule has 0 spiro atoms. The third-order valence-electron chi connectivity index (χ3n) is 3.41. The van der Waals surface area contributed by atoms with E-state index in [1.54, 1.807) is 25.1 Å². The van der Waals surface area contributed by atoms with Crippen LogP contribution in [0.1, 0.15) is 24.5 Å². The van der Waals surface area contributed by atoms with Gasteiger partial charge in [0.1, 0.15) is 5.84 Å². The van der Waals surface area contributed by atoms with Gasteiger partial charge in [0.2, 0.25) is 10.0 Å². The first-order chi connectivity index (χ1) is 9.20. The van der Waals surface area contributed by atoms with Crippen LogP contribution in [0.4, 0.5) is 0 Å². The van der Waals surface area contributed by atoms with E-state index < -0.39 is 16.1 Å². The fourth-order valence-corrected chi connectivity index (χ4v) is 3.20. The maximum Gasteiger partial charge on any atom is 0.243 e. The van der Waals surface area contributed by atoms with Crippen molar-refractivity contribution in [2.75, 3.05) is 7.05 Å². The molecule has 0 aromatic heterocycles. The number of nitrogens with zero attached hydrogens (tertiary/aromatic N) is 2. The fraction of sp³-hybridized carbons (Fsp3) is 0.462. The summed E-state index contributed by atoms with van der Waals surface area (Å²) in [6, 6.07) is 4.61. The van der Waals surface area contributed by atoms with Gasteiger partial charge in [-0.2, -0.15) is 4.31 Å². The second kappa shape index (κ2) is 6.23. The second-order valence-electron chi connectivity index (χ2n) is 4.91. The van der Waals surface area contributed by atoms with E-state index in [0.717, 1.165) is 11.1 Å². The van der Waals surface area contributed by atoms with Crippen molar-refractivity contribution >= 4 is 15.9 Å². The van der Waals surface area contributed by atoms with Gasteiger partial charge in [-0.05, 0) is 44.0 Å². The lowest BCUT2D eigenvalue weighted by Gasteiger charge is -2.24. The molecule has 7 heteroatoms. The van der Waals surface area contributed by atoms with Crippen LogP contribution in [0.15, 0.2) is 28.3 Å². The molecule has 0 fully saturated rings. The lowest BCUT2D eigenvalue weighted by molar-refractivity contribution is 0.313. The Kier molecular flexibility index (Phi) is 5.13. The average Bonchev–Trinajstić information content (AvgIpc) is 2.40. The number of aryl methyl sites for hydroxylation is 2. The molecule has 0 saturated carbocycles. The summed E-state index contributed by atoms with van der Waals surface area (Å²) < 4.78 is 26.2. The van der Waals surface area contributed by atoms with E-state index in [1.807, 2.05) is 13.8 Å². The van der Waals surface area contributed by atoms with Crippen molar-refractivity contribution < 1.29 is 13.6 Å². The third-order valence-corrected chi connectivity index (χ3v) is 5.38. The van der Waals surface area contributed by atoms with Crippen LogP contribution in [0.3, 0.4) is 0 Å². The molecule has 3 N–H and O–H groups in total. The second-order valence-corrected chi connectivity index (χ2v) is 6.91. The molecular weight excluding hydrogens is 278 g/mol. The zero-order valence-corrected chi connectivity index (χ0v) is 13.0. The van der Waals surface area contributed by atoms with Gasteiger partial charge in [0.15, 0.2) is 0 Å². The van der Waals surface area contributed by atoms with Crippen LogP contribution in [0.5, 0.6) is 0 Å². The van der Waals surface area contributed by atoms with Crippen molar-refractivity contribution in [1.29, 1.82) is 0 Å². The first-order valence-corrected chi connectivity index (χ1v) is 7.65. The highest BCUT2D eigenvalue weighted by Crippen LogP contribution is 2.20. The quantitative estimate of drug-likeness (QED) is 0.372. The predicted molar refractivity (Wildman–Crippen MR) is 78.4 cm³/mol. The van der Waals surface area contributed by atoms with E-state index in [1.165, 1.54) is 11.4 Å². The molecule has 112 valence electrons. The Bertz CT molecular complexity index is 611. The third kappa shape index (κ3) is 3.49. The molecule has 1 aromatic carbocycles. The Labute approximate surface area is 119 Å². The van der Waals surface area contributed by atoms with Crippen molar-refractivity contribution in [3.63, 3.8) is 0 Å². The van der Waals surface area contributed by atoms with Gasteiger partial charge < -0.3 is 10.9 Å². The molecular formula is C13H21N3O3S. The fourth-order valence-electron chi connectivity index (χ4n) is 1.75. The molecule has 0 bridgehead atoms. The topological polar surface area (TPSA) is 96.0 Å². The summed E-state index contributed by atoms with van der Waals surface area (Å²) in [5.74, 6) is -0.000336. The van der Waals surface area contributed by atoms with E-state index in [2.05, 4.69) is 5.16 Å². The molecule has 0 radical (unpaired) electrons. The highest BCUT2D eigenvalue weighted by Gasteiger charge is 2.26. The van der Waals surface area contributed by atoms with Crippen LogP contribution in [-0.2, 0) is 10.0 Å². The van der Waals surface area contributed by atoms with Crippen LogP contribution >= 0.6 is 0 Å². The highest BCUT2D eigenvalue weighted by molar-refractivity contribution is 7.89. The van der Waals surface area contributed by atoms with Crippen molar-refractivity contribution in [3.05, 3.63) is 29.3 Å². The molecule has 1 rings (SSSR count). The molecule has 0 aliphatic heterocycles. The van der Waals surface area contributed by atoms with E-state index in [0.29, 0.717) is 0 Å². The summed E-state index contributed by atoms with van der Waals surface area (Å²) in [6.45, 7) is 5.50. The van der Waals surface area contributed by atoms with Gasteiger partial charge in [0, 0.05) is 19.5 Å². The number of amidine groups is 1. The zero-order valence-electron chi connectivity index (χ0n) is 12.2. The Morgan fingerprint density at radius 1 is 1.40 bits per heavy atom. The van der Waals surface area contributed by atoms with E-state index in [4.69, 9.17) is 10.9 Å². The average molecular weight is 299 g/mol. The Morgan fingerprint density at radius 2 is 2.00 bits per heavy atom. The first-order valence-electron chi connectivity index (χ1n) is 6.21. The molecule has 1 unspecified atom stereocenters. The molecule has 0 heterocycles. The Balaban J connectivity index is 3.06. The standard InChI is InChI=1S/C13H21N3O3S/c1-9-5-6-12(7-10(9)2)20(18,19)16(4)11(3)8-13(14)15-17/h5-7,11,17H,8H2,1-4H3,(H2,14,15). The highest BCUT2D eigenvalue weighted by atomic mass is 32.2. The monoisotopic (exact) mass is 299 g/mol. The number of benzene rings is 1. The number of sulfonamides is 1. The molecule has 1 atom stereocenters. The number of oxime groups is 1. The van der Waals surface area contributed by atoms with Crippen LogP contribution in [-0.4, -0.2) is 36.9 Å². The van der Waals surface area contributed by atoms with Crippen molar-refractivity contribution in [2.24, 2.45) is 10.9 Å². The van der Waals surface area contributed by atoms with Crippen LogP contribution in [0, 0.1) is 13.8 Å². The van der Waals surface area contributed by atoms with Crippen LogP contribution < -0.4 is 5.73 Å². The number of hydrogen-bond acceptors (Lipinski definition) is 4. The maximum atomic E-state index is 12.5. The molecule has 20 heavy (non-hydrogen) atoms. The molecule has 0 saturated heterocycles. The smallest absolute Gasteiger partial charge is 0.243 e. The summed E-state index contributed by atoms with van der Waals surface area (Å²) in [4.78, 5) is 0.245. The minimum Gasteiger partial charge on any atom is -0.409 e. The van der Waals surface area contributed by atoms with Crippen LogP contribution in [0.25, 0.3) is 0 Å². The van der Waals surface area contributed by atoms with Gasteiger partial charge in [-0.3, -0.25) is 0 Å². The Hall–Kier alpha value is -1.60.